The molecular weight excluding hydrogens is 288 g/mol. The van der Waals surface area contributed by atoms with Crippen molar-refractivity contribution in [3.05, 3.63) is 11.8 Å². The third kappa shape index (κ3) is 8.86. The highest BCUT2D eigenvalue weighted by Gasteiger charge is 2.13. The second kappa shape index (κ2) is 8.20. The highest BCUT2D eigenvalue weighted by atomic mass is 32.2. The van der Waals surface area contributed by atoms with E-state index < -0.39 is 16.2 Å². The first kappa shape index (κ1) is 18.8. The lowest BCUT2D eigenvalue weighted by molar-refractivity contribution is -0.909. The largest absolute Gasteiger partial charge is 0.858 e. The van der Waals surface area contributed by atoms with Crippen LogP contribution in [0.15, 0.2) is 16.2 Å². The van der Waals surface area contributed by atoms with Crippen LogP contribution in [0.1, 0.15) is 13.8 Å². The summed E-state index contributed by atoms with van der Waals surface area (Å²) < 4.78 is 33.7. The van der Waals surface area contributed by atoms with E-state index in [-0.39, 0.29) is 12.4 Å². The number of nitrogens with zero attached hydrogens (tertiary/aromatic N) is 2. The van der Waals surface area contributed by atoms with Gasteiger partial charge < -0.3 is 23.6 Å². The first-order valence-electron chi connectivity index (χ1n) is 6.02. The predicted octanol–water partition coefficient (Wildman–Crippen LogP) is -1.03. The van der Waals surface area contributed by atoms with Crippen LogP contribution in [-0.2, 0) is 19.2 Å². The Morgan fingerprint density at radius 3 is 2.50 bits per heavy atom. The van der Waals surface area contributed by atoms with Gasteiger partial charge in [0.1, 0.15) is 12.3 Å². The normalized spacial score (nSPS) is 17.2. The van der Waals surface area contributed by atoms with E-state index in [4.69, 9.17) is 9.84 Å². The standard InChI is InChI=1S/C7H18NO2.C4H5NO4S/c1-4-10-7-8(2,3)5-6-9;1-3-2-4(6)5-10(7,8)9-3/h9H,4-7H2,1-3H3;2H,1H3,(H,5,6)/q+1;/p-1. The van der Waals surface area contributed by atoms with E-state index >= 15 is 0 Å². The monoisotopic (exact) mass is 310 g/mol. The Morgan fingerprint density at radius 1 is 1.50 bits per heavy atom. The maximum Gasteiger partial charge on any atom is 0.427 e. The van der Waals surface area contributed by atoms with Crippen LogP contribution in [0.3, 0.4) is 0 Å². The molecule has 0 saturated carbocycles. The maximum absolute atomic E-state index is 10.4. The molecular formula is C11H22N2O6S. The summed E-state index contributed by atoms with van der Waals surface area (Å²) in [7, 11) is 0.0933. The van der Waals surface area contributed by atoms with Crippen molar-refractivity contribution < 1.29 is 32.0 Å². The van der Waals surface area contributed by atoms with Crippen LogP contribution in [-0.4, -0.2) is 64.5 Å². The van der Waals surface area contributed by atoms with Crippen LogP contribution in [0, 0.1) is 0 Å². The number of likely N-dealkylation sites (N-methyl/N-ethyl adjacent to an activating group) is 1. The maximum atomic E-state index is 10.4. The Bertz CT molecular complexity index is 456. The molecule has 1 aliphatic heterocycles. The zero-order valence-corrected chi connectivity index (χ0v) is 13.0. The SMILES string of the molecule is CC1=CC([O-])=NS(=O)(=O)O1.CCOC[N+](C)(C)CCO. The second-order valence-electron chi connectivity index (χ2n) is 4.70. The summed E-state index contributed by atoms with van der Waals surface area (Å²) in [6.45, 7) is 5.73. The van der Waals surface area contributed by atoms with Gasteiger partial charge in [-0.15, -0.1) is 4.40 Å². The van der Waals surface area contributed by atoms with Gasteiger partial charge in [-0.05, 0) is 19.9 Å². The molecule has 0 saturated heterocycles. The van der Waals surface area contributed by atoms with Crippen LogP contribution in [0.2, 0.25) is 0 Å². The molecule has 0 aromatic rings. The summed E-state index contributed by atoms with van der Waals surface area (Å²) in [5.41, 5.74) is 0. The molecule has 1 aliphatic rings. The molecule has 9 heteroatoms. The molecule has 0 aromatic heterocycles. The first-order chi connectivity index (χ1) is 9.12. The zero-order valence-electron chi connectivity index (χ0n) is 12.2. The van der Waals surface area contributed by atoms with Crippen molar-refractivity contribution in [1.82, 2.24) is 0 Å². The third-order valence-corrected chi connectivity index (χ3v) is 2.99. The smallest absolute Gasteiger partial charge is 0.427 e. The topological polar surface area (TPSA) is 108 Å². The Hall–Kier alpha value is -1.16. The molecule has 118 valence electrons. The van der Waals surface area contributed by atoms with Crippen molar-refractivity contribution in [2.75, 3.05) is 40.6 Å². The number of hydrogen-bond donors (Lipinski definition) is 1. The van der Waals surface area contributed by atoms with Crippen molar-refractivity contribution in [3.8, 4) is 0 Å². The Morgan fingerprint density at radius 2 is 2.10 bits per heavy atom. The molecule has 0 fully saturated rings. The summed E-state index contributed by atoms with van der Waals surface area (Å²) in [4.78, 5) is 0. The minimum atomic E-state index is -3.97. The van der Waals surface area contributed by atoms with E-state index in [0.717, 1.165) is 23.7 Å². The van der Waals surface area contributed by atoms with E-state index in [1.165, 1.54) is 6.92 Å². The molecule has 0 amide bonds. The van der Waals surface area contributed by atoms with Gasteiger partial charge in [-0.25, -0.2) is 0 Å². The molecule has 0 atom stereocenters. The van der Waals surface area contributed by atoms with Crippen molar-refractivity contribution >= 4 is 16.2 Å². The van der Waals surface area contributed by atoms with Crippen LogP contribution in [0.4, 0.5) is 0 Å². The molecule has 1 N–H and O–H groups in total. The van der Waals surface area contributed by atoms with Gasteiger partial charge in [-0.3, -0.25) is 0 Å². The van der Waals surface area contributed by atoms with Crippen LogP contribution in [0.5, 0.6) is 0 Å². The molecule has 0 unspecified atom stereocenters. The number of allylic oxidation sites excluding steroid dienone is 1. The van der Waals surface area contributed by atoms with Gasteiger partial charge >= 0.3 is 10.3 Å². The number of quaternary nitrogens is 1. The van der Waals surface area contributed by atoms with Crippen molar-refractivity contribution in [2.45, 2.75) is 13.8 Å². The fraction of sp³-hybridized carbons (Fsp3) is 0.727. The van der Waals surface area contributed by atoms with E-state index in [0.29, 0.717) is 6.73 Å². The summed E-state index contributed by atoms with van der Waals surface area (Å²) in [6.07, 6.45) is 1.00. The molecule has 0 aromatic carbocycles. The molecule has 0 spiro atoms. The van der Waals surface area contributed by atoms with E-state index in [1.807, 2.05) is 21.0 Å². The van der Waals surface area contributed by atoms with E-state index in [1.54, 1.807) is 0 Å². The zero-order chi connectivity index (χ0) is 15.8. The number of aliphatic hydroxyl groups excluding tert-OH is 1. The highest BCUT2D eigenvalue weighted by molar-refractivity contribution is 7.85. The Balaban J connectivity index is 0.000000361. The molecule has 1 heterocycles. The van der Waals surface area contributed by atoms with Crippen LogP contribution < -0.4 is 5.11 Å². The first-order valence-corrected chi connectivity index (χ1v) is 7.38. The minimum Gasteiger partial charge on any atom is -0.858 e. The average Bonchev–Trinajstić information content (AvgIpc) is 2.23. The lowest BCUT2D eigenvalue weighted by atomic mass is 10.5. The van der Waals surface area contributed by atoms with Gasteiger partial charge in [0.15, 0.2) is 6.73 Å². The summed E-state index contributed by atoms with van der Waals surface area (Å²) >= 11 is 0. The van der Waals surface area contributed by atoms with Gasteiger partial charge in [0.25, 0.3) is 0 Å². The van der Waals surface area contributed by atoms with Gasteiger partial charge in [-0.1, -0.05) is 0 Å². The molecule has 20 heavy (non-hydrogen) atoms. The summed E-state index contributed by atoms with van der Waals surface area (Å²) in [5, 5.41) is 19.0. The number of ether oxygens (including phenoxy) is 1. The summed E-state index contributed by atoms with van der Waals surface area (Å²) in [6, 6.07) is 0. The molecule has 1 rings (SSSR count). The van der Waals surface area contributed by atoms with Crippen molar-refractivity contribution in [1.29, 1.82) is 0 Å². The van der Waals surface area contributed by atoms with Crippen LogP contribution in [0.25, 0.3) is 0 Å². The Labute approximate surface area is 119 Å². The third-order valence-electron chi connectivity index (χ3n) is 2.12. The highest BCUT2D eigenvalue weighted by Crippen LogP contribution is 2.09. The molecule has 8 nitrogen and oxygen atoms in total. The fourth-order valence-electron chi connectivity index (χ4n) is 1.19. The number of rotatable bonds is 5. The van der Waals surface area contributed by atoms with Gasteiger partial charge in [-0.2, -0.15) is 8.42 Å². The van der Waals surface area contributed by atoms with Gasteiger partial charge in [0, 0.05) is 12.5 Å². The molecule has 0 radical (unpaired) electrons. The van der Waals surface area contributed by atoms with E-state index in [2.05, 4.69) is 8.58 Å². The number of hydrogen-bond acceptors (Lipinski definition) is 6. The fourth-order valence-corrected chi connectivity index (χ4v) is 1.88. The molecule has 0 aliphatic carbocycles. The Kier molecular flexibility index (Phi) is 7.72. The van der Waals surface area contributed by atoms with Crippen LogP contribution >= 0.6 is 0 Å². The van der Waals surface area contributed by atoms with Gasteiger partial charge in [0.2, 0.25) is 0 Å². The van der Waals surface area contributed by atoms with E-state index in [9.17, 15) is 13.5 Å². The molecule has 0 bridgehead atoms. The lowest BCUT2D eigenvalue weighted by Gasteiger charge is -2.27. The minimum absolute atomic E-state index is 0.0417. The second-order valence-corrected chi connectivity index (χ2v) is 5.91. The van der Waals surface area contributed by atoms with Crippen molar-refractivity contribution in [3.63, 3.8) is 0 Å². The lowest BCUT2D eigenvalue weighted by Crippen LogP contribution is -2.43. The van der Waals surface area contributed by atoms with Crippen molar-refractivity contribution in [2.24, 2.45) is 4.40 Å². The van der Waals surface area contributed by atoms with Gasteiger partial charge in [0.05, 0.1) is 20.7 Å². The predicted molar refractivity (Wildman–Crippen MR) is 71.8 cm³/mol. The summed E-state index contributed by atoms with van der Waals surface area (Å²) in [5.74, 6) is -0.760. The average molecular weight is 310 g/mol. The quantitative estimate of drug-likeness (QED) is 0.514. The number of aliphatic hydroxyl groups is 1.